The van der Waals surface area contributed by atoms with Gasteiger partial charge in [-0.2, -0.15) is 0 Å². The van der Waals surface area contributed by atoms with E-state index >= 15 is 0 Å². The summed E-state index contributed by atoms with van der Waals surface area (Å²) in [5.74, 6) is 0. The first kappa shape index (κ1) is 26.4. The second-order valence-corrected chi connectivity index (χ2v) is 7.57. The molecule has 0 aromatic carbocycles. The van der Waals surface area contributed by atoms with Gasteiger partial charge in [-0.15, -0.1) is 0 Å². The molecule has 2 heteroatoms. The van der Waals surface area contributed by atoms with E-state index in [1.54, 1.807) is 0 Å². The summed E-state index contributed by atoms with van der Waals surface area (Å²) >= 11 is 0. The zero-order chi connectivity index (χ0) is 19.7. The van der Waals surface area contributed by atoms with Gasteiger partial charge in [0.25, 0.3) is 0 Å². The van der Waals surface area contributed by atoms with Crippen LogP contribution in [0.3, 0.4) is 0 Å². The predicted octanol–water partition coefficient (Wildman–Crippen LogP) is 8.37. The second-order valence-electron chi connectivity index (χ2n) is 7.57. The van der Waals surface area contributed by atoms with Crippen LogP contribution in [0.15, 0.2) is 24.3 Å². The number of rotatable bonds is 22. The lowest BCUT2D eigenvalue weighted by molar-refractivity contribution is -0.0531. The van der Waals surface area contributed by atoms with Crippen LogP contribution >= 0.6 is 0 Å². The molecule has 2 nitrogen and oxygen atoms in total. The molecule has 0 aromatic heterocycles. The summed E-state index contributed by atoms with van der Waals surface area (Å²) in [6.07, 6.45) is 30.0. The van der Waals surface area contributed by atoms with Gasteiger partial charge in [-0.05, 0) is 44.9 Å². The van der Waals surface area contributed by atoms with E-state index in [1.165, 1.54) is 89.9 Å². The first-order valence-electron chi connectivity index (χ1n) is 11.9. The highest BCUT2D eigenvalue weighted by molar-refractivity contribution is 4.82. The fourth-order valence-corrected chi connectivity index (χ4v) is 2.98. The summed E-state index contributed by atoms with van der Waals surface area (Å²) in [5, 5.41) is 0. The molecule has 0 N–H and O–H groups in total. The highest BCUT2D eigenvalue weighted by Crippen LogP contribution is 2.09. The van der Waals surface area contributed by atoms with Gasteiger partial charge in [0, 0.05) is 6.61 Å². The minimum Gasteiger partial charge on any atom is -0.355 e. The SMILES string of the molecule is CCCC/C=C/CCCCCCCC/C=C/CCOCOCCCCCC. The Bertz CT molecular complexity index is 309. The molecule has 0 saturated carbocycles. The van der Waals surface area contributed by atoms with E-state index < -0.39 is 0 Å². The highest BCUT2D eigenvalue weighted by atomic mass is 16.7. The zero-order valence-electron chi connectivity index (χ0n) is 18.6. The Labute approximate surface area is 170 Å². The van der Waals surface area contributed by atoms with Gasteiger partial charge in [0.2, 0.25) is 0 Å². The maximum absolute atomic E-state index is 5.48. The number of unbranched alkanes of at least 4 members (excludes halogenated alkanes) is 12. The molecule has 0 aliphatic rings. The Hall–Kier alpha value is -0.600. The molecule has 160 valence electrons. The van der Waals surface area contributed by atoms with Crippen LogP contribution in [0.1, 0.15) is 117 Å². The molecular weight excluding hydrogens is 332 g/mol. The lowest BCUT2D eigenvalue weighted by atomic mass is 10.1. The molecule has 0 fully saturated rings. The molecule has 0 spiro atoms. The Kier molecular flexibility index (Phi) is 24.8. The van der Waals surface area contributed by atoms with Crippen LogP contribution in [0.25, 0.3) is 0 Å². The van der Waals surface area contributed by atoms with Crippen LogP contribution in [0, 0.1) is 0 Å². The second kappa shape index (κ2) is 25.4. The molecule has 0 amide bonds. The van der Waals surface area contributed by atoms with E-state index in [0.717, 1.165) is 26.1 Å². The van der Waals surface area contributed by atoms with Gasteiger partial charge in [0.1, 0.15) is 6.79 Å². The fraction of sp³-hybridized carbons (Fsp3) is 0.840. The van der Waals surface area contributed by atoms with Crippen LogP contribution in [0.2, 0.25) is 0 Å². The van der Waals surface area contributed by atoms with Crippen LogP contribution < -0.4 is 0 Å². The van der Waals surface area contributed by atoms with Crippen molar-refractivity contribution in [3.63, 3.8) is 0 Å². The topological polar surface area (TPSA) is 18.5 Å². The zero-order valence-corrected chi connectivity index (χ0v) is 18.6. The Morgan fingerprint density at radius 2 is 0.926 bits per heavy atom. The number of hydrogen-bond donors (Lipinski definition) is 0. The molecule has 27 heavy (non-hydrogen) atoms. The maximum atomic E-state index is 5.48. The largest absolute Gasteiger partial charge is 0.355 e. The minimum absolute atomic E-state index is 0.453. The molecule has 0 atom stereocenters. The molecule has 0 bridgehead atoms. The number of hydrogen-bond acceptors (Lipinski definition) is 2. The number of ether oxygens (including phenoxy) is 2. The normalized spacial score (nSPS) is 11.9. The maximum Gasteiger partial charge on any atom is 0.146 e. The van der Waals surface area contributed by atoms with Gasteiger partial charge in [-0.25, -0.2) is 0 Å². The highest BCUT2D eigenvalue weighted by Gasteiger charge is 1.91. The smallest absolute Gasteiger partial charge is 0.146 e. The van der Waals surface area contributed by atoms with Crippen LogP contribution in [0.4, 0.5) is 0 Å². The van der Waals surface area contributed by atoms with Crippen molar-refractivity contribution in [2.24, 2.45) is 0 Å². The van der Waals surface area contributed by atoms with E-state index in [4.69, 9.17) is 9.47 Å². The van der Waals surface area contributed by atoms with Gasteiger partial charge in [-0.1, -0.05) is 95.9 Å². The third-order valence-corrected chi connectivity index (χ3v) is 4.79. The van der Waals surface area contributed by atoms with Gasteiger partial charge in [0.05, 0.1) is 6.61 Å². The minimum atomic E-state index is 0.453. The fourth-order valence-electron chi connectivity index (χ4n) is 2.98. The van der Waals surface area contributed by atoms with E-state index in [9.17, 15) is 0 Å². The molecule has 0 heterocycles. The molecule has 0 unspecified atom stereocenters. The van der Waals surface area contributed by atoms with Crippen molar-refractivity contribution in [3.8, 4) is 0 Å². The summed E-state index contributed by atoms with van der Waals surface area (Å²) < 4.78 is 10.9. The lowest BCUT2D eigenvalue weighted by Gasteiger charge is -2.04. The average Bonchev–Trinajstić information content (AvgIpc) is 2.68. The predicted molar refractivity (Wildman–Crippen MR) is 120 cm³/mol. The van der Waals surface area contributed by atoms with Crippen molar-refractivity contribution in [1.82, 2.24) is 0 Å². The van der Waals surface area contributed by atoms with Crippen molar-refractivity contribution in [3.05, 3.63) is 24.3 Å². The van der Waals surface area contributed by atoms with Crippen molar-refractivity contribution >= 4 is 0 Å². The summed E-state index contributed by atoms with van der Waals surface area (Å²) in [6, 6.07) is 0. The monoisotopic (exact) mass is 380 g/mol. The third kappa shape index (κ3) is 25.4. The summed E-state index contributed by atoms with van der Waals surface area (Å²) in [6.45, 7) is 6.55. The van der Waals surface area contributed by atoms with E-state index in [-0.39, 0.29) is 0 Å². The van der Waals surface area contributed by atoms with Gasteiger partial charge >= 0.3 is 0 Å². The van der Waals surface area contributed by atoms with Crippen LogP contribution in [-0.4, -0.2) is 20.0 Å². The van der Waals surface area contributed by atoms with Crippen LogP contribution in [0.5, 0.6) is 0 Å². The Morgan fingerprint density at radius 1 is 0.444 bits per heavy atom. The Balaban J connectivity index is 3.09. The van der Waals surface area contributed by atoms with Crippen molar-refractivity contribution < 1.29 is 9.47 Å². The van der Waals surface area contributed by atoms with Crippen molar-refractivity contribution in [1.29, 1.82) is 0 Å². The van der Waals surface area contributed by atoms with E-state index in [1.807, 2.05) is 0 Å². The molecule has 0 aromatic rings. The average molecular weight is 381 g/mol. The van der Waals surface area contributed by atoms with Gasteiger partial charge in [0.15, 0.2) is 0 Å². The van der Waals surface area contributed by atoms with E-state index in [0.29, 0.717) is 6.79 Å². The molecule has 0 rings (SSSR count). The number of allylic oxidation sites excluding steroid dienone is 3. The van der Waals surface area contributed by atoms with Gasteiger partial charge in [-0.3, -0.25) is 0 Å². The first-order chi connectivity index (χ1) is 13.4. The van der Waals surface area contributed by atoms with Crippen LogP contribution in [-0.2, 0) is 9.47 Å². The quantitative estimate of drug-likeness (QED) is 0.107. The van der Waals surface area contributed by atoms with Crippen molar-refractivity contribution in [2.75, 3.05) is 20.0 Å². The standard InChI is InChI=1S/C25H48O2/c1-3-5-7-9-10-11-12-13-14-15-16-17-18-19-20-22-24-27-25-26-23-21-8-6-4-2/h9-10,19-20H,3-8,11-18,21-25H2,1-2H3/b10-9+,20-19+. The summed E-state index contributed by atoms with van der Waals surface area (Å²) in [5.41, 5.74) is 0. The summed E-state index contributed by atoms with van der Waals surface area (Å²) in [7, 11) is 0. The molecule has 0 aliphatic carbocycles. The van der Waals surface area contributed by atoms with Crippen molar-refractivity contribution in [2.45, 2.75) is 117 Å². The molecule has 0 saturated heterocycles. The lowest BCUT2D eigenvalue weighted by Crippen LogP contribution is -2.02. The summed E-state index contributed by atoms with van der Waals surface area (Å²) in [4.78, 5) is 0. The van der Waals surface area contributed by atoms with Gasteiger partial charge < -0.3 is 9.47 Å². The van der Waals surface area contributed by atoms with E-state index in [2.05, 4.69) is 38.2 Å². The molecule has 0 aliphatic heterocycles. The molecule has 0 radical (unpaired) electrons. The Morgan fingerprint density at radius 3 is 1.56 bits per heavy atom. The third-order valence-electron chi connectivity index (χ3n) is 4.79. The molecular formula is C25H48O2. The first-order valence-corrected chi connectivity index (χ1v) is 11.9.